The van der Waals surface area contributed by atoms with Crippen molar-refractivity contribution < 1.29 is 13.2 Å². The third-order valence-corrected chi connectivity index (χ3v) is 4.40. The van der Waals surface area contributed by atoms with Gasteiger partial charge in [-0.25, -0.2) is 8.42 Å². The van der Waals surface area contributed by atoms with Crippen molar-refractivity contribution in [2.75, 3.05) is 31.2 Å². The van der Waals surface area contributed by atoms with Crippen LogP contribution in [0.5, 0.6) is 0 Å². The molecular weight excluding hydrogens is 214 g/mol. The van der Waals surface area contributed by atoms with E-state index in [9.17, 15) is 8.42 Å². The van der Waals surface area contributed by atoms with Crippen molar-refractivity contribution in [3.63, 3.8) is 0 Å². The Kier molecular flexibility index (Phi) is 5.56. The summed E-state index contributed by atoms with van der Waals surface area (Å²) in [7, 11) is -2.81. The summed E-state index contributed by atoms with van der Waals surface area (Å²) in [4.78, 5) is 0. The molecular formula is C10H21NO3S. The summed E-state index contributed by atoms with van der Waals surface area (Å²) >= 11 is 0. The molecule has 0 aromatic rings. The van der Waals surface area contributed by atoms with E-state index in [2.05, 4.69) is 5.32 Å². The largest absolute Gasteiger partial charge is 0.378 e. The topological polar surface area (TPSA) is 55.4 Å². The molecule has 5 heteroatoms. The van der Waals surface area contributed by atoms with Crippen LogP contribution in [-0.2, 0) is 14.6 Å². The average Bonchev–Trinajstić information content (AvgIpc) is 2.70. The van der Waals surface area contributed by atoms with Gasteiger partial charge in [-0.1, -0.05) is 6.92 Å². The van der Waals surface area contributed by atoms with E-state index in [4.69, 9.17) is 4.74 Å². The standard InChI is InChI=1S/C10H21NO3S/c1-2-15(12,13)9-7-11-6-5-10-4-3-8-14-10/h10-11H,2-9H2,1H3. The Bertz CT molecular complexity index is 258. The number of nitrogens with one attached hydrogen (secondary N) is 1. The van der Waals surface area contributed by atoms with Gasteiger partial charge in [-0.2, -0.15) is 0 Å². The van der Waals surface area contributed by atoms with E-state index in [-0.39, 0.29) is 11.5 Å². The quantitative estimate of drug-likeness (QED) is 0.656. The first-order valence-corrected chi connectivity index (χ1v) is 7.49. The van der Waals surface area contributed by atoms with E-state index in [1.165, 1.54) is 0 Å². The van der Waals surface area contributed by atoms with Gasteiger partial charge in [-0.05, 0) is 25.8 Å². The van der Waals surface area contributed by atoms with Crippen LogP contribution < -0.4 is 5.32 Å². The molecule has 1 unspecified atom stereocenters. The van der Waals surface area contributed by atoms with Crippen LogP contribution in [0, 0.1) is 0 Å². The molecule has 1 fully saturated rings. The molecule has 15 heavy (non-hydrogen) atoms. The Hall–Kier alpha value is -0.130. The maximum absolute atomic E-state index is 11.2. The highest BCUT2D eigenvalue weighted by atomic mass is 32.2. The molecule has 1 heterocycles. The Labute approximate surface area is 92.3 Å². The summed E-state index contributed by atoms with van der Waals surface area (Å²) in [6.07, 6.45) is 3.69. The van der Waals surface area contributed by atoms with Crippen molar-refractivity contribution >= 4 is 9.84 Å². The van der Waals surface area contributed by atoms with Gasteiger partial charge < -0.3 is 10.1 Å². The predicted octanol–water partition coefficient (Wildman–Crippen LogP) is 0.580. The molecule has 1 aliphatic rings. The van der Waals surface area contributed by atoms with Gasteiger partial charge in [0.15, 0.2) is 9.84 Å². The number of hydrogen-bond acceptors (Lipinski definition) is 4. The molecule has 0 saturated carbocycles. The number of ether oxygens (including phenoxy) is 1. The first kappa shape index (κ1) is 12.9. The van der Waals surface area contributed by atoms with Crippen LogP contribution >= 0.6 is 0 Å². The normalized spacial score (nSPS) is 22.1. The highest BCUT2D eigenvalue weighted by Crippen LogP contribution is 2.14. The Morgan fingerprint density at radius 3 is 2.80 bits per heavy atom. The first-order valence-electron chi connectivity index (χ1n) is 5.67. The number of sulfone groups is 1. The molecule has 0 spiro atoms. The molecule has 1 atom stereocenters. The van der Waals surface area contributed by atoms with Gasteiger partial charge in [-0.3, -0.25) is 0 Å². The van der Waals surface area contributed by atoms with Crippen LogP contribution in [0.15, 0.2) is 0 Å². The van der Waals surface area contributed by atoms with E-state index in [0.717, 1.165) is 32.4 Å². The summed E-state index contributed by atoms with van der Waals surface area (Å²) in [6, 6.07) is 0. The lowest BCUT2D eigenvalue weighted by Gasteiger charge is -2.09. The van der Waals surface area contributed by atoms with E-state index in [1.807, 2.05) is 0 Å². The lowest BCUT2D eigenvalue weighted by atomic mass is 10.2. The van der Waals surface area contributed by atoms with E-state index in [1.54, 1.807) is 6.92 Å². The SMILES string of the molecule is CCS(=O)(=O)CCNCCC1CCCO1. The molecule has 0 amide bonds. The maximum atomic E-state index is 11.2. The highest BCUT2D eigenvalue weighted by molar-refractivity contribution is 7.91. The minimum absolute atomic E-state index is 0.237. The van der Waals surface area contributed by atoms with Gasteiger partial charge in [0.1, 0.15) is 0 Å². The minimum atomic E-state index is -2.81. The molecule has 0 aromatic carbocycles. The predicted molar refractivity (Wildman–Crippen MR) is 60.8 cm³/mol. The molecule has 1 aliphatic heterocycles. The molecule has 0 bridgehead atoms. The smallest absolute Gasteiger partial charge is 0.151 e. The van der Waals surface area contributed by atoms with E-state index < -0.39 is 9.84 Å². The van der Waals surface area contributed by atoms with Crippen molar-refractivity contribution in [3.8, 4) is 0 Å². The Balaban J connectivity index is 1.97. The van der Waals surface area contributed by atoms with Crippen molar-refractivity contribution in [2.45, 2.75) is 32.3 Å². The minimum Gasteiger partial charge on any atom is -0.378 e. The highest BCUT2D eigenvalue weighted by Gasteiger charge is 2.14. The van der Waals surface area contributed by atoms with Gasteiger partial charge in [0.2, 0.25) is 0 Å². The lowest BCUT2D eigenvalue weighted by Crippen LogP contribution is -2.26. The number of rotatable bonds is 7. The molecule has 1 N–H and O–H groups in total. The Morgan fingerprint density at radius 1 is 1.40 bits per heavy atom. The summed E-state index contributed by atoms with van der Waals surface area (Å²) in [5.41, 5.74) is 0. The van der Waals surface area contributed by atoms with Crippen LogP contribution in [0.4, 0.5) is 0 Å². The van der Waals surface area contributed by atoms with Gasteiger partial charge in [0, 0.05) is 18.9 Å². The third-order valence-electron chi connectivity index (χ3n) is 2.70. The summed E-state index contributed by atoms with van der Waals surface area (Å²) in [5.74, 6) is 0.482. The summed E-state index contributed by atoms with van der Waals surface area (Å²) < 4.78 is 27.8. The number of hydrogen-bond donors (Lipinski definition) is 1. The molecule has 1 saturated heterocycles. The van der Waals surface area contributed by atoms with Gasteiger partial charge in [-0.15, -0.1) is 0 Å². The first-order chi connectivity index (χ1) is 7.14. The van der Waals surface area contributed by atoms with Crippen molar-refractivity contribution in [1.29, 1.82) is 0 Å². The van der Waals surface area contributed by atoms with Gasteiger partial charge in [0.05, 0.1) is 11.9 Å². The summed E-state index contributed by atoms with van der Waals surface area (Å²) in [6.45, 7) is 3.98. The third kappa shape index (κ3) is 5.49. The van der Waals surface area contributed by atoms with Crippen molar-refractivity contribution in [3.05, 3.63) is 0 Å². The van der Waals surface area contributed by atoms with Gasteiger partial charge in [0.25, 0.3) is 0 Å². The molecule has 0 radical (unpaired) electrons. The molecule has 1 rings (SSSR count). The van der Waals surface area contributed by atoms with Crippen molar-refractivity contribution in [2.24, 2.45) is 0 Å². The van der Waals surface area contributed by atoms with E-state index >= 15 is 0 Å². The lowest BCUT2D eigenvalue weighted by molar-refractivity contribution is 0.104. The zero-order valence-electron chi connectivity index (χ0n) is 9.37. The molecule has 0 aliphatic carbocycles. The average molecular weight is 235 g/mol. The Morgan fingerprint density at radius 2 is 2.20 bits per heavy atom. The fourth-order valence-electron chi connectivity index (χ4n) is 1.63. The fraction of sp³-hybridized carbons (Fsp3) is 1.00. The van der Waals surface area contributed by atoms with Crippen LogP contribution in [0.2, 0.25) is 0 Å². The molecule has 0 aromatic heterocycles. The maximum Gasteiger partial charge on any atom is 0.151 e. The van der Waals surface area contributed by atoms with E-state index in [0.29, 0.717) is 12.6 Å². The van der Waals surface area contributed by atoms with Crippen molar-refractivity contribution in [1.82, 2.24) is 5.32 Å². The fourth-order valence-corrected chi connectivity index (χ4v) is 2.38. The van der Waals surface area contributed by atoms with Crippen LogP contribution in [0.1, 0.15) is 26.2 Å². The second kappa shape index (κ2) is 6.45. The summed E-state index contributed by atoms with van der Waals surface area (Å²) in [5, 5.41) is 3.14. The van der Waals surface area contributed by atoms with Crippen LogP contribution in [-0.4, -0.2) is 45.7 Å². The molecule has 4 nitrogen and oxygen atoms in total. The monoisotopic (exact) mass is 235 g/mol. The second-order valence-electron chi connectivity index (χ2n) is 3.91. The van der Waals surface area contributed by atoms with Crippen LogP contribution in [0.3, 0.4) is 0 Å². The zero-order valence-corrected chi connectivity index (χ0v) is 10.2. The second-order valence-corrected chi connectivity index (χ2v) is 6.38. The molecule has 90 valence electrons. The van der Waals surface area contributed by atoms with Crippen LogP contribution in [0.25, 0.3) is 0 Å². The van der Waals surface area contributed by atoms with Gasteiger partial charge >= 0.3 is 0 Å². The zero-order chi connectivity index (χ0) is 11.1.